The number of aryl methyl sites for hydroxylation is 2. The first-order chi connectivity index (χ1) is 7.65. The smallest absolute Gasteiger partial charge is 0.213 e. The van der Waals surface area contributed by atoms with Gasteiger partial charge in [-0.25, -0.2) is 0 Å². The predicted molar refractivity (Wildman–Crippen MR) is 70.3 cm³/mol. The Morgan fingerprint density at radius 2 is 1.81 bits per heavy atom. The number of nitrogens with one attached hydrogen (secondary N) is 1. The maximum atomic E-state index is 7.68. The lowest BCUT2D eigenvalue weighted by atomic mass is 10.1. The van der Waals surface area contributed by atoms with E-state index >= 15 is 0 Å². The quantitative estimate of drug-likeness (QED) is 0.605. The van der Waals surface area contributed by atoms with Crippen molar-refractivity contribution in [1.29, 1.82) is 5.41 Å². The van der Waals surface area contributed by atoms with Gasteiger partial charge >= 0.3 is 0 Å². The summed E-state index contributed by atoms with van der Waals surface area (Å²) in [5, 5.41) is 7.68. The Hall–Kier alpha value is -1.31. The number of benzene rings is 1. The number of hydrogen-bond donors (Lipinski definition) is 1. The molecule has 0 amide bonds. The van der Waals surface area contributed by atoms with Crippen LogP contribution in [0.4, 0.5) is 0 Å². The van der Waals surface area contributed by atoms with Crippen molar-refractivity contribution in [3.05, 3.63) is 34.9 Å². The highest BCUT2D eigenvalue weighted by Crippen LogP contribution is 2.10. The van der Waals surface area contributed by atoms with Crippen molar-refractivity contribution >= 4 is 5.90 Å². The van der Waals surface area contributed by atoms with Crippen LogP contribution in [0.25, 0.3) is 0 Å². The van der Waals surface area contributed by atoms with Gasteiger partial charge in [0.2, 0.25) is 5.90 Å². The number of hydrogen-bond acceptors (Lipinski definition) is 2. The third-order valence-corrected chi connectivity index (χ3v) is 2.22. The Labute approximate surface area is 99.2 Å². The van der Waals surface area contributed by atoms with Crippen molar-refractivity contribution in [2.45, 2.75) is 41.0 Å². The van der Waals surface area contributed by atoms with E-state index in [1.807, 2.05) is 45.9 Å². The standard InChI is InChI=1S/C12H17NO.C2H6/c1-4-7-14-12(13)11-6-5-9(2)10(3)8-11;1-2/h5-6,8,13H,4,7H2,1-3H3;1-2H3. The van der Waals surface area contributed by atoms with E-state index in [-0.39, 0.29) is 5.90 Å². The van der Waals surface area contributed by atoms with Gasteiger partial charge in [-0.05, 0) is 43.5 Å². The zero-order valence-electron chi connectivity index (χ0n) is 11.1. The highest BCUT2D eigenvalue weighted by molar-refractivity contribution is 5.91. The van der Waals surface area contributed by atoms with E-state index in [1.54, 1.807) is 0 Å². The molecule has 90 valence electrons. The fourth-order valence-electron chi connectivity index (χ4n) is 1.17. The molecule has 0 bridgehead atoms. The van der Waals surface area contributed by atoms with Crippen molar-refractivity contribution in [1.82, 2.24) is 0 Å². The fourth-order valence-corrected chi connectivity index (χ4v) is 1.17. The molecule has 1 aromatic rings. The van der Waals surface area contributed by atoms with E-state index in [9.17, 15) is 0 Å². The van der Waals surface area contributed by atoms with Crippen LogP contribution in [0, 0.1) is 19.3 Å². The Kier molecular flexibility index (Phi) is 7.27. The first kappa shape index (κ1) is 14.7. The van der Waals surface area contributed by atoms with E-state index in [4.69, 9.17) is 10.1 Å². The minimum absolute atomic E-state index is 0.273. The molecule has 0 unspecified atom stereocenters. The summed E-state index contributed by atoms with van der Waals surface area (Å²) in [5.74, 6) is 0.273. The molecular weight excluding hydrogens is 198 g/mol. The topological polar surface area (TPSA) is 33.1 Å². The molecule has 0 aliphatic carbocycles. The highest BCUT2D eigenvalue weighted by Gasteiger charge is 2.03. The van der Waals surface area contributed by atoms with E-state index < -0.39 is 0 Å². The van der Waals surface area contributed by atoms with Gasteiger partial charge in [0.05, 0.1) is 6.61 Å². The number of rotatable bonds is 3. The normalized spacial score (nSPS) is 9.06. The van der Waals surface area contributed by atoms with Crippen LogP contribution in [0.5, 0.6) is 0 Å². The molecule has 0 spiro atoms. The van der Waals surface area contributed by atoms with Crippen LogP contribution in [0.1, 0.15) is 43.9 Å². The fraction of sp³-hybridized carbons (Fsp3) is 0.500. The van der Waals surface area contributed by atoms with Crippen molar-refractivity contribution in [3.8, 4) is 0 Å². The van der Waals surface area contributed by atoms with Crippen LogP contribution in [-0.4, -0.2) is 12.5 Å². The molecule has 0 fully saturated rings. The van der Waals surface area contributed by atoms with Crippen LogP contribution in [-0.2, 0) is 4.74 Å². The lowest BCUT2D eigenvalue weighted by molar-refractivity contribution is 0.303. The van der Waals surface area contributed by atoms with Gasteiger partial charge in [-0.15, -0.1) is 0 Å². The Morgan fingerprint density at radius 1 is 1.19 bits per heavy atom. The van der Waals surface area contributed by atoms with E-state index in [0.717, 1.165) is 12.0 Å². The molecule has 0 aliphatic rings. The zero-order chi connectivity index (χ0) is 12.6. The summed E-state index contributed by atoms with van der Waals surface area (Å²) in [6, 6.07) is 5.95. The zero-order valence-corrected chi connectivity index (χ0v) is 11.1. The molecule has 0 heterocycles. The second-order valence-electron chi connectivity index (χ2n) is 3.48. The maximum Gasteiger partial charge on any atom is 0.213 e. The predicted octanol–water partition coefficient (Wildman–Crippen LogP) is 4.08. The second kappa shape index (κ2) is 7.91. The summed E-state index contributed by atoms with van der Waals surface area (Å²) < 4.78 is 5.26. The van der Waals surface area contributed by atoms with Crippen LogP contribution in [0.2, 0.25) is 0 Å². The summed E-state index contributed by atoms with van der Waals surface area (Å²) in [7, 11) is 0. The lowest BCUT2D eigenvalue weighted by Gasteiger charge is -2.07. The summed E-state index contributed by atoms with van der Waals surface area (Å²) in [4.78, 5) is 0. The van der Waals surface area contributed by atoms with Gasteiger partial charge < -0.3 is 4.74 Å². The van der Waals surface area contributed by atoms with E-state index in [0.29, 0.717) is 6.61 Å². The van der Waals surface area contributed by atoms with E-state index in [2.05, 4.69) is 6.92 Å². The summed E-state index contributed by atoms with van der Waals surface area (Å²) >= 11 is 0. The van der Waals surface area contributed by atoms with Gasteiger partial charge in [-0.3, -0.25) is 5.41 Å². The number of ether oxygens (including phenoxy) is 1. The molecule has 2 heteroatoms. The van der Waals surface area contributed by atoms with Gasteiger partial charge in [-0.2, -0.15) is 0 Å². The third kappa shape index (κ3) is 4.47. The van der Waals surface area contributed by atoms with Gasteiger partial charge in [0.25, 0.3) is 0 Å². The van der Waals surface area contributed by atoms with Crippen molar-refractivity contribution in [2.24, 2.45) is 0 Å². The van der Waals surface area contributed by atoms with Crippen LogP contribution >= 0.6 is 0 Å². The summed E-state index contributed by atoms with van der Waals surface area (Å²) in [6.07, 6.45) is 0.938. The molecule has 0 aromatic heterocycles. The summed E-state index contributed by atoms with van der Waals surface area (Å²) in [6.45, 7) is 10.8. The highest BCUT2D eigenvalue weighted by atomic mass is 16.5. The molecule has 2 nitrogen and oxygen atoms in total. The molecule has 16 heavy (non-hydrogen) atoms. The molecule has 1 rings (SSSR count). The minimum atomic E-state index is 0.273. The maximum absolute atomic E-state index is 7.68. The molecule has 0 saturated carbocycles. The molecule has 0 atom stereocenters. The first-order valence-electron chi connectivity index (χ1n) is 5.94. The van der Waals surface area contributed by atoms with Gasteiger partial charge in [0.1, 0.15) is 0 Å². The van der Waals surface area contributed by atoms with Gasteiger partial charge in [0, 0.05) is 5.56 Å². The Balaban J connectivity index is 0.00000106. The molecule has 1 N–H and O–H groups in total. The van der Waals surface area contributed by atoms with Crippen molar-refractivity contribution in [3.63, 3.8) is 0 Å². The Bertz CT molecular complexity index is 332. The summed E-state index contributed by atoms with van der Waals surface area (Å²) in [5.41, 5.74) is 3.31. The van der Waals surface area contributed by atoms with E-state index in [1.165, 1.54) is 11.1 Å². The minimum Gasteiger partial charge on any atom is -0.478 e. The van der Waals surface area contributed by atoms with Crippen molar-refractivity contribution < 1.29 is 4.74 Å². The Morgan fingerprint density at radius 3 is 2.31 bits per heavy atom. The second-order valence-corrected chi connectivity index (χ2v) is 3.48. The van der Waals surface area contributed by atoms with Crippen LogP contribution < -0.4 is 0 Å². The molecule has 0 radical (unpaired) electrons. The van der Waals surface area contributed by atoms with Crippen LogP contribution in [0.15, 0.2) is 18.2 Å². The molecule has 0 saturated heterocycles. The van der Waals surface area contributed by atoms with Gasteiger partial charge in [-0.1, -0.05) is 26.8 Å². The van der Waals surface area contributed by atoms with Crippen LogP contribution in [0.3, 0.4) is 0 Å². The SMILES string of the molecule is CC.CCCOC(=N)c1ccc(C)c(C)c1. The monoisotopic (exact) mass is 221 g/mol. The molecular formula is C14H23NO. The molecule has 0 aliphatic heterocycles. The van der Waals surface area contributed by atoms with Gasteiger partial charge in [0.15, 0.2) is 0 Å². The average Bonchev–Trinajstić information content (AvgIpc) is 2.32. The molecule has 1 aromatic carbocycles. The lowest BCUT2D eigenvalue weighted by Crippen LogP contribution is -2.06. The first-order valence-corrected chi connectivity index (χ1v) is 5.94. The third-order valence-electron chi connectivity index (χ3n) is 2.22. The van der Waals surface area contributed by atoms with Crippen molar-refractivity contribution in [2.75, 3.05) is 6.61 Å². The largest absolute Gasteiger partial charge is 0.478 e. The average molecular weight is 221 g/mol.